The Morgan fingerprint density at radius 3 is 2.41 bits per heavy atom. The minimum Gasteiger partial charge on any atom is -0.418 e. The van der Waals surface area contributed by atoms with E-state index in [0.29, 0.717) is 41.8 Å². The topological polar surface area (TPSA) is 106 Å². The van der Waals surface area contributed by atoms with Gasteiger partial charge in [-0.15, -0.1) is 10.2 Å². The summed E-state index contributed by atoms with van der Waals surface area (Å²) in [6.07, 6.45) is 8.44. The maximum absolute atomic E-state index is 12.1. The van der Waals surface area contributed by atoms with Crippen molar-refractivity contribution in [2.75, 3.05) is 11.9 Å². The molecule has 2 fully saturated rings. The van der Waals surface area contributed by atoms with Gasteiger partial charge >= 0.3 is 0 Å². The average Bonchev–Trinajstić information content (AvgIpc) is 3.34. The number of aromatic nitrogens is 4. The highest BCUT2D eigenvalue weighted by molar-refractivity contribution is 5.88. The molecule has 2 aliphatic rings. The number of amides is 1. The predicted octanol–water partition coefficient (Wildman–Crippen LogP) is 3.71. The molecule has 1 amide bonds. The van der Waals surface area contributed by atoms with Gasteiger partial charge < -0.3 is 15.1 Å². The Balaban J connectivity index is 0.00000117. The summed E-state index contributed by atoms with van der Waals surface area (Å²) in [6, 6.07) is 0.356. The van der Waals surface area contributed by atoms with Crippen molar-refractivity contribution in [1.82, 2.24) is 25.5 Å². The van der Waals surface area contributed by atoms with Gasteiger partial charge in [0.25, 0.3) is 5.89 Å². The summed E-state index contributed by atoms with van der Waals surface area (Å²) in [4.78, 5) is 21.0. The van der Waals surface area contributed by atoms with Crippen molar-refractivity contribution in [2.45, 2.75) is 78.2 Å². The van der Waals surface area contributed by atoms with Gasteiger partial charge in [0.15, 0.2) is 11.5 Å². The normalized spacial score (nSPS) is 23.8. The third-order valence-electron chi connectivity index (χ3n) is 5.89. The van der Waals surface area contributed by atoms with Crippen LogP contribution in [-0.4, -0.2) is 38.7 Å². The van der Waals surface area contributed by atoms with Gasteiger partial charge in [-0.2, -0.15) is 0 Å². The van der Waals surface area contributed by atoms with Crippen LogP contribution in [0.5, 0.6) is 0 Å². The molecule has 0 spiro atoms. The lowest BCUT2D eigenvalue weighted by atomic mass is 9.75. The SMILES string of the molecule is CC.CC1(C)CCC(Nc2nccnc2-c2nnc(C3(C)CCNC3=O)o2)CC1. The molecule has 1 saturated carbocycles. The fourth-order valence-electron chi connectivity index (χ4n) is 3.82. The van der Waals surface area contributed by atoms with Crippen LogP contribution in [0.15, 0.2) is 16.8 Å². The van der Waals surface area contributed by atoms with E-state index >= 15 is 0 Å². The highest BCUT2D eigenvalue weighted by Gasteiger charge is 2.44. The van der Waals surface area contributed by atoms with Crippen molar-refractivity contribution in [3.63, 3.8) is 0 Å². The largest absolute Gasteiger partial charge is 0.418 e. The first-order valence-corrected chi connectivity index (χ1v) is 10.6. The third kappa shape index (κ3) is 4.41. The molecule has 1 unspecified atom stereocenters. The van der Waals surface area contributed by atoms with Gasteiger partial charge in [-0.05, 0) is 44.4 Å². The minimum absolute atomic E-state index is 0.0833. The molecule has 29 heavy (non-hydrogen) atoms. The molecule has 8 heteroatoms. The average molecular weight is 401 g/mol. The quantitative estimate of drug-likeness (QED) is 0.806. The molecule has 158 valence electrons. The monoisotopic (exact) mass is 400 g/mol. The summed E-state index contributed by atoms with van der Waals surface area (Å²) >= 11 is 0. The molecule has 3 heterocycles. The van der Waals surface area contributed by atoms with E-state index in [0.717, 1.165) is 12.8 Å². The van der Waals surface area contributed by atoms with Crippen molar-refractivity contribution in [1.29, 1.82) is 0 Å². The number of nitrogens with one attached hydrogen (secondary N) is 2. The standard InChI is InChI=1S/C19H26N6O2.C2H6/c1-18(2)6-4-12(5-7-18)23-14-13(20-10-11-21-14)15-24-25-17(27-15)19(3)8-9-22-16(19)26;1-2/h10-12H,4-9H2,1-3H3,(H,21,23)(H,22,26);1-2H3. The van der Waals surface area contributed by atoms with E-state index in [1.54, 1.807) is 12.4 Å². The summed E-state index contributed by atoms with van der Waals surface area (Å²) in [5.41, 5.74) is 0.154. The number of hydrogen-bond donors (Lipinski definition) is 2. The van der Waals surface area contributed by atoms with Crippen LogP contribution >= 0.6 is 0 Å². The zero-order chi connectivity index (χ0) is 21.1. The molecule has 8 nitrogen and oxygen atoms in total. The van der Waals surface area contributed by atoms with E-state index < -0.39 is 5.41 Å². The number of nitrogens with zero attached hydrogens (tertiary/aromatic N) is 4. The summed E-state index contributed by atoms with van der Waals surface area (Å²) in [5, 5.41) is 14.6. The number of carbonyl (C=O) groups is 1. The van der Waals surface area contributed by atoms with Gasteiger partial charge in [0.1, 0.15) is 5.41 Å². The fourth-order valence-corrected chi connectivity index (χ4v) is 3.82. The van der Waals surface area contributed by atoms with Crippen molar-refractivity contribution in [2.24, 2.45) is 5.41 Å². The highest BCUT2D eigenvalue weighted by Crippen LogP contribution is 2.37. The smallest absolute Gasteiger partial charge is 0.270 e. The van der Waals surface area contributed by atoms with Crippen LogP contribution < -0.4 is 10.6 Å². The van der Waals surface area contributed by atoms with E-state index in [4.69, 9.17) is 4.42 Å². The molecule has 0 radical (unpaired) electrons. The van der Waals surface area contributed by atoms with Gasteiger partial charge in [0.2, 0.25) is 11.8 Å². The maximum atomic E-state index is 12.1. The van der Waals surface area contributed by atoms with E-state index in [1.807, 2.05) is 20.8 Å². The van der Waals surface area contributed by atoms with Gasteiger partial charge in [-0.3, -0.25) is 4.79 Å². The fraction of sp³-hybridized carbons (Fsp3) is 0.667. The van der Waals surface area contributed by atoms with Crippen LogP contribution in [0.25, 0.3) is 11.6 Å². The first-order chi connectivity index (χ1) is 13.9. The summed E-state index contributed by atoms with van der Waals surface area (Å²) in [5.74, 6) is 1.18. The van der Waals surface area contributed by atoms with Gasteiger partial charge in [0.05, 0.1) is 0 Å². The third-order valence-corrected chi connectivity index (χ3v) is 5.89. The van der Waals surface area contributed by atoms with E-state index in [1.165, 1.54) is 12.8 Å². The second-order valence-corrected chi connectivity index (χ2v) is 8.59. The minimum atomic E-state index is -0.782. The number of carbonyl (C=O) groups excluding carboxylic acids is 1. The number of rotatable bonds is 4. The second kappa shape index (κ2) is 8.47. The number of anilines is 1. The summed E-state index contributed by atoms with van der Waals surface area (Å²) in [6.45, 7) is 11.1. The van der Waals surface area contributed by atoms with Gasteiger partial charge in [-0.1, -0.05) is 27.7 Å². The molecule has 4 rings (SSSR count). The van der Waals surface area contributed by atoms with Crippen LogP contribution in [0.2, 0.25) is 0 Å². The molecule has 0 aromatic carbocycles. The molecule has 1 saturated heterocycles. The van der Waals surface area contributed by atoms with Crippen LogP contribution in [0, 0.1) is 5.41 Å². The molecule has 2 aromatic heterocycles. The Kier molecular flexibility index (Phi) is 6.19. The van der Waals surface area contributed by atoms with E-state index in [-0.39, 0.29) is 11.8 Å². The maximum Gasteiger partial charge on any atom is 0.270 e. The van der Waals surface area contributed by atoms with E-state index in [9.17, 15) is 4.79 Å². The Bertz CT molecular complexity index is 839. The molecular formula is C21H32N6O2. The lowest BCUT2D eigenvalue weighted by molar-refractivity contribution is -0.124. The van der Waals surface area contributed by atoms with Crippen molar-refractivity contribution in [3.05, 3.63) is 18.3 Å². The van der Waals surface area contributed by atoms with Gasteiger partial charge in [0, 0.05) is 25.0 Å². The Labute approximate surface area is 172 Å². The van der Waals surface area contributed by atoms with E-state index in [2.05, 4.69) is 44.6 Å². The first kappa shape index (κ1) is 21.2. The van der Waals surface area contributed by atoms with Crippen molar-refractivity contribution in [3.8, 4) is 11.6 Å². The summed E-state index contributed by atoms with van der Waals surface area (Å²) < 4.78 is 5.86. The zero-order valence-corrected chi connectivity index (χ0v) is 18.1. The van der Waals surface area contributed by atoms with Crippen LogP contribution in [0.4, 0.5) is 5.82 Å². The Morgan fingerprint density at radius 1 is 1.07 bits per heavy atom. The van der Waals surface area contributed by atoms with Crippen LogP contribution in [0.3, 0.4) is 0 Å². The molecule has 2 N–H and O–H groups in total. The van der Waals surface area contributed by atoms with Gasteiger partial charge in [-0.25, -0.2) is 9.97 Å². The second-order valence-electron chi connectivity index (χ2n) is 8.59. The number of hydrogen-bond acceptors (Lipinski definition) is 7. The molecule has 1 atom stereocenters. The lowest BCUT2D eigenvalue weighted by Gasteiger charge is -2.34. The predicted molar refractivity (Wildman–Crippen MR) is 111 cm³/mol. The summed E-state index contributed by atoms with van der Waals surface area (Å²) in [7, 11) is 0. The Hall–Kier alpha value is -2.51. The van der Waals surface area contributed by atoms with Crippen molar-refractivity contribution >= 4 is 11.7 Å². The molecule has 0 bridgehead atoms. The first-order valence-electron chi connectivity index (χ1n) is 10.6. The van der Waals surface area contributed by atoms with Crippen molar-refractivity contribution < 1.29 is 9.21 Å². The lowest BCUT2D eigenvalue weighted by Crippen LogP contribution is -2.32. The molecule has 1 aliphatic carbocycles. The van der Waals surface area contributed by atoms with Crippen LogP contribution in [0.1, 0.15) is 72.6 Å². The highest BCUT2D eigenvalue weighted by atomic mass is 16.4. The molecular weight excluding hydrogens is 368 g/mol. The molecule has 1 aliphatic heterocycles. The van der Waals surface area contributed by atoms with Crippen LogP contribution in [-0.2, 0) is 10.2 Å². The Morgan fingerprint density at radius 2 is 1.76 bits per heavy atom. The zero-order valence-electron chi connectivity index (χ0n) is 18.1. The molecule has 2 aromatic rings.